The Morgan fingerprint density at radius 3 is 1.58 bits per heavy atom. The van der Waals surface area contributed by atoms with Crippen LogP contribution in [0, 0.1) is 0 Å². The Balaban J connectivity index is 2.82. The Bertz CT molecular complexity index is 379. The van der Waals surface area contributed by atoms with Crippen LogP contribution in [0.4, 0.5) is 17.8 Å². The van der Waals surface area contributed by atoms with Crippen molar-refractivity contribution in [3.05, 3.63) is 0 Å². The third-order valence-corrected chi connectivity index (χ3v) is 2.06. The van der Waals surface area contributed by atoms with Gasteiger partial charge in [0.05, 0.1) is 12.1 Å². The van der Waals surface area contributed by atoms with Gasteiger partial charge in [0.15, 0.2) is 0 Å². The number of hydrazine groups is 2. The maximum Gasteiger partial charge on any atom is 0.245 e. The predicted molar refractivity (Wildman–Crippen MR) is 69.0 cm³/mol. The van der Waals surface area contributed by atoms with Crippen LogP contribution in [0.1, 0.15) is 27.7 Å². The standard InChI is InChI=1S/C9H20N8O2/c1-5(2)16(18)14-8-11-7(10)12-9(13-8)15-17(19)6(3)4/h5-6,18-19H,1-4H3,(H4,10,11,12,13,14,15). The lowest BCUT2D eigenvalue weighted by Crippen LogP contribution is -2.35. The number of rotatable bonds is 6. The minimum absolute atomic E-state index is 0.0469. The van der Waals surface area contributed by atoms with Crippen molar-refractivity contribution in [1.29, 1.82) is 0 Å². The molecule has 0 atom stereocenters. The highest BCUT2D eigenvalue weighted by molar-refractivity contribution is 5.38. The molecule has 108 valence electrons. The number of nitrogen functional groups attached to an aromatic ring is 1. The normalized spacial score (nSPS) is 11.7. The van der Waals surface area contributed by atoms with E-state index in [1.54, 1.807) is 27.7 Å². The fourth-order valence-corrected chi connectivity index (χ4v) is 0.955. The number of nitrogens with zero attached hydrogens (tertiary/aromatic N) is 5. The Morgan fingerprint density at radius 1 is 0.895 bits per heavy atom. The van der Waals surface area contributed by atoms with E-state index in [2.05, 4.69) is 25.8 Å². The Labute approximate surface area is 111 Å². The van der Waals surface area contributed by atoms with E-state index >= 15 is 0 Å². The molecule has 10 heteroatoms. The molecule has 0 aliphatic heterocycles. The average Bonchev–Trinajstić information content (AvgIpc) is 2.27. The molecule has 0 aromatic carbocycles. The van der Waals surface area contributed by atoms with Crippen molar-refractivity contribution in [1.82, 2.24) is 25.3 Å². The van der Waals surface area contributed by atoms with E-state index in [0.717, 1.165) is 10.3 Å². The van der Waals surface area contributed by atoms with Gasteiger partial charge < -0.3 is 5.73 Å². The highest BCUT2D eigenvalue weighted by Gasteiger charge is 2.12. The molecule has 0 spiro atoms. The number of hydroxylamine groups is 2. The number of aromatic nitrogens is 3. The summed E-state index contributed by atoms with van der Waals surface area (Å²) in [7, 11) is 0. The van der Waals surface area contributed by atoms with E-state index in [0.29, 0.717) is 0 Å². The summed E-state index contributed by atoms with van der Waals surface area (Å²) in [4.78, 5) is 11.6. The quantitative estimate of drug-likeness (QED) is 0.460. The molecular weight excluding hydrogens is 252 g/mol. The van der Waals surface area contributed by atoms with Gasteiger partial charge in [-0.3, -0.25) is 21.3 Å². The first kappa shape index (κ1) is 15.3. The van der Waals surface area contributed by atoms with Gasteiger partial charge in [-0.05, 0) is 27.7 Å². The number of hydrogen-bond donors (Lipinski definition) is 5. The van der Waals surface area contributed by atoms with Crippen molar-refractivity contribution in [2.24, 2.45) is 0 Å². The van der Waals surface area contributed by atoms with Crippen LogP contribution in [0.3, 0.4) is 0 Å². The van der Waals surface area contributed by atoms with Crippen LogP contribution < -0.4 is 16.6 Å². The minimum atomic E-state index is -0.181. The lowest BCUT2D eigenvalue weighted by molar-refractivity contribution is -0.0940. The highest BCUT2D eigenvalue weighted by Crippen LogP contribution is 2.09. The van der Waals surface area contributed by atoms with E-state index in [9.17, 15) is 10.4 Å². The van der Waals surface area contributed by atoms with Crippen molar-refractivity contribution in [3.63, 3.8) is 0 Å². The van der Waals surface area contributed by atoms with E-state index in [4.69, 9.17) is 5.73 Å². The number of anilines is 3. The van der Waals surface area contributed by atoms with Crippen molar-refractivity contribution < 1.29 is 10.4 Å². The SMILES string of the molecule is CC(C)N(O)Nc1nc(N)nc(NN(O)C(C)C)n1. The molecule has 1 rings (SSSR count). The second-order valence-electron chi connectivity index (χ2n) is 4.44. The van der Waals surface area contributed by atoms with E-state index in [1.807, 2.05) is 0 Å². The molecular formula is C9H20N8O2. The van der Waals surface area contributed by atoms with E-state index < -0.39 is 0 Å². The maximum absolute atomic E-state index is 9.53. The highest BCUT2D eigenvalue weighted by atomic mass is 16.5. The zero-order valence-electron chi connectivity index (χ0n) is 11.4. The molecule has 19 heavy (non-hydrogen) atoms. The molecule has 10 nitrogen and oxygen atoms in total. The van der Waals surface area contributed by atoms with Gasteiger partial charge in [0.25, 0.3) is 0 Å². The van der Waals surface area contributed by atoms with Gasteiger partial charge >= 0.3 is 0 Å². The van der Waals surface area contributed by atoms with E-state index in [-0.39, 0.29) is 29.9 Å². The summed E-state index contributed by atoms with van der Waals surface area (Å²) in [6.45, 7) is 7.08. The fraction of sp³-hybridized carbons (Fsp3) is 0.667. The minimum Gasteiger partial charge on any atom is -0.368 e. The van der Waals surface area contributed by atoms with Gasteiger partial charge in [-0.2, -0.15) is 15.0 Å². The van der Waals surface area contributed by atoms with Gasteiger partial charge in [0.2, 0.25) is 17.8 Å². The summed E-state index contributed by atoms with van der Waals surface area (Å²) < 4.78 is 0. The van der Waals surface area contributed by atoms with Crippen LogP contribution in [-0.2, 0) is 0 Å². The second kappa shape index (κ2) is 6.43. The van der Waals surface area contributed by atoms with Crippen molar-refractivity contribution in [2.45, 2.75) is 39.8 Å². The average molecular weight is 272 g/mol. The molecule has 0 unspecified atom stereocenters. The molecule has 0 aliphatic rings. The largest absolute Gasteiger partial charge is 0.368 e. The van der Waals surface area contributed by atoms with Gasteiger partial charge in [-0.1, -0.05) is 10.3 Å². The van der Waals surface area contributed by atoms with E-state index in [1.165, 1.54) is 0 Å². The van der Waals surface area contributed by atoms with Crippen LogP contribution in [0.5, 0.6) is 0 Å². The predicted octanol–water partition coefficient (Wildman–Crippen LogP) is 0.307. The number of nitrogens with one attached hydrogen (secondary N) is 2. The molecule has 1 heterocycles. The van der Waals surface area contributed by atoms with Gasteiger partial charge in [0, 0.05) is 0 Å². The van der Waals surface area contributed by atoms with Crippen LogP contribution in [0.2, 0.25) is 0 Å². The van der Waals surface area contributed by atoms with Gasteiger partial charge in [-0.15, -0.1) is 0 Å². The fourth-order valence-electron chi connectivity index (χ4n) is 0.955. The van der Waals surface area contributed by atoms with Crippen LogP contribution in [-0.4, -0.2) is 47.8 Å². The van der Waals surface area contributed by atoms with Crippen molar-refractivity contribution in [2.75, 3.05) is 16.6 Å². The van der Waals surface area contributed by atoms with Crippen molar-refractivity contribution in [3.8, 4) is 0 Å². The topological polar surface area (TPSA) is 136 Å². The van der Waals surface area contributed by atoms with Crippen molar-refractivity contribution >= 4 is 17.8 Å². The third kappa shape index (κ3) is 4.79. The summed E-state index contributed by atoms with van der Waals surface area (Å²) in [5.74, 6) is 0.0704. The first-order chi connectivity index (χ1) is 8.79. The third-order valence-electron chi connectivity index (χ3n) is 2.06. The number of hydrogen-bond acceptors (Lipinski definition) is 10. The molecule has 0 aliphatic carbocycles. The van der Waals surface area contributed by atoms with Crippen LogP contribution in [0.25, 0.3) is 0 Å². The molecule has 0 amide bonds. The molecule has 1 aromatic heterocycles. The first-order valence-electron chi connectivity index (χ1n) is 5.80. The molecule has 0 saturated heterocycles. The summed E-state index contributed by atoms with van der Waals surface area (Å²) >= 11 is 0. The summed E-state index contributed by atoms with van der Waals surface area (Å²) in [6, 6.07) is -0.362. The number of nitrogens with two attached hydrogens (primary N) is 1. The van der Waals surface area contributed by atoms with Crippen LogP contribution >= 0.6 is 0 Å². The molecule has 6 N–H and O–H groups in total. The summed E-state index contributed by atoms with van der Waals surface area (Å²) in [5.41, 5.74) is 10.6. The molecule has 0 saturated carbocycles. The Hall–Kier alpha value is -1.75. The van der Waals surface area contributed by atoms with Gasteiger partial charge in [0.1, 0.15) is 0 Å². The zero-order chi connectivity index (χ0) is 14.6. The summed E-state index contributed by atoms with van der Waals surface area (Å²) in [5, 5.41) is 20.7. The molecule has 1 aromatic rings. The molecule has 0 radical (unpaired) electrons. The zero-order valence-corrected chi connectivity index (χ0v) is 11.4. The van der Waals surface area contributed by atoms with Gasteiger partial charge in [-0.25, -0.2) is 0 Å². The second-order valence-corrected chi connectivity index (χ2v) is 4.44. The Kier molecular flexibility index (Phi) is 5.18. The first-order valence-corrected chi connectivity index (χ1v) is 5.80. The maximum atomic E-state index is 9.53. The smallest absolute Gasteiger partial charge is 0.245 e. The monoisotopic (exact) mass is 272 g/mol. The lowest BCUT2D eigenvalue weighted by atomic mass is 10.4. The summed E-state index contributed by atoms with van der Waals surface area (Å²) in [6.07, 6.45) is 0. The Morgan fingerprint density at radius 2 is 1.26 bits per heavy atom. The van der Waals surface area contributed by atoms with Crippen LogP contribution in [0.15, 0.2) is 0 Å². The lowest BCUT2D eigenvalue weighted by Gasteiger charge is -2.21. The molecule has 0 bridgehead atoms. The molecule has 0 fully saturated rings.